The van der Waals surface area contributed by atoms with Crippen LogP contribution in [0.3, 0.4) is 0 Å². The normalized spacial score (nSPS) is 27.8. The third-order valence-corrected chi connectivity index (χ3v) is 4.67. The fourth-order valence-corrected chi connectivity index (χ4v) is 3.57. The van der Waals surface area contributed by atoms with Crippen LogP contribution in [0.25, 0.3) is 0 Å². The van der Waals surface area contributed by atoms with Crippen molar-refractivity contribution in [1.82, 2.24) is 10.4 Å². The molecule has 0 aromatic carbocycles. The molecule has 2 amide bonds. The van der Waals surface area contributed by atoms with Crippen LogP contribution in [0.5, 0.6) is 0 Å². The number of alkyl carbamates (subject to hydrolysis) is 1. The minimum absolute atomic E-state index is 0.238. The third-order valence-electron chi connectivity index (χ3n) is 4.67. The summed E-state index contributed by atoms with van der Waals surface area (Å²) < 4.78 is 5.27. The molecule has 2 unspecified atom stereocenters. The molecule has 0 heterocycles. The molecule has 0 spiro atoms. The molecule has 0 aromatic rings. The van der Waals surface area contributed by atoms with Crippen LogP contribution in [0.15, 0.2) is 0 Å². The second kappa shape index (κ2) is 6.44. The van der Waals surface area contributed by atoms with Crippen molar-refractivity contribution in [2.45, 2.75) is 58.1 Å². The zero-order valence-electron chi connectivity index (χ0n) is 14.2. The van der Waals surface area contributed by atoms with Gasteiger partial charge in [-0.05, 0) is 57.8 Å². The molecule has 2 rings (SSSR count). The van der Waals surface area contributed by atoms with Gasteiger partial charge in [-0.15, -0.1) is 0 Å². The van der Waals surface area contributed by atoms with Crippen LogP contribution in [-0.2, 0) is 14.4 Å². The molecule has 0 aliphatic heterocycles. The number of fused-ring (bicyclic) bond motifs is 1. The van der Waals surface area contributed by atoms with E-state index in [9.17, 15) is 9.59 Å². The van der Waals surface area contributed by atoms with Gasteiger partial charge in [-0.3, -0.25) is 9.63 Å². The Kier molecular flexibility index (Phi) is 5.00. The number of amides is 2. The van der Waals surface area contributed by atoms with E-state index in [1.54, 1.807) is 27.8 Å². The Morgan fingerprint density at radius 3 is 2.36 bits per heavy atom. The maximum atomic E-state index is 12.4. The molecular formula is C16H28N2O4. The zero-order valence-corrected chi connectivity index (χ0v) is 14.2. The molecule has 22 heavy (non-hydrogen) atoms. The summed E-state index contributed by atoms with van der Waals surface area (Å²) in [5, 5.41) is 3.88. The van der Waals surface area contributed by atoms with Gasteiger partial charge in [0.15, 0.2) is 0 Å². The molecule has 0 radical (unpaired) electrons. The van der Waals surface area contributed by atoms with Crippen LogP contribution < -0.4 is 5.32 Å². The van der Waals surface area contributed by atoms with Crippen LogP contribution in [0, 0.1) is 17.8 Å². The van der Waals surface area contributed by atoms with Gasteiger partial charge in [0.05, 0.1) is 7.11 Å². The summed E-state index contributed by atoms with van der Waals surface area (Å²) >= 11 is 0. The summed E-state index contributed by atoms with van der Waals surface area (Å²) in [6.07, 6.45) is 3.91. The minimum Gasteiger partial charge on any atom is -0.444 e. The molecule has 0 aromatic heterocycles. The summed E-state index contributed by atoms with van der Waals surface area (Å²) in [4.78, 5) is 29.3. The first-order valence-corrected chi connectivity index (χ1v) is 8.04. The molecule has 6 heteroatoms. The van der Waals surface area contributed by atoms with Gasteiger partial charge in [0.25, 0.3) is 5.91 Å². The topological polar surface area (TPSA) is 67.9 Å². The van der Waals surface area contributed by atoms with Gasteiger partial charge in [-0.1, -0.05) is 6.42 Å². The molecule has 2 aliphatic carbocycles. The molecular weight excluding hydrogens is 284 g/mol. The van der Waals surface area contributed by atoms with E-state index in [4.69, 9.17) is 9.57 Å². The van der Waals surface area contributed by atoms with Crippen molar-refractivity contribution in [3.8, 4) is 0 Å². The Balaban J connectivity index is 1.95. The maximum Gasteiger partial charge on any atom is 0.408 e. The molecule has 126 valence electrons. The number of ether oxygens (including phenoxy) is 1. The molecule has 0 saturated heterocycles. The molecule has 6 nitrogen and oxygen atoms in total. The lowest BCUT2D eigenvalue weighted by Crippen LogP contribution is -2.48. The standard InChI is InChI=1S/C16H28N2O4/c1-16(2,3)22-15(20)17-13(14(19)18(4)21-5)9-12-10-7-6-8-11(10)12/h10-13H,6-9H2,1-5H3,(H,17,20)/t10-,11?,12?,13-/m0/s1. The highest BCUT2D eigenvalue weighted by atomic mass is 16.7. The number of nitrogens with zero attached hydrogens (tertiary/aromatic N) is 1. The number of rotatable bonds is 5. The fraction of sp³-hybridized carbons (Fsp3) is 0.875. The summed E-state index contributed by atoms with van der Waals surface area (Å²) in [6.45, 7) is 5.40. The average Bonchev–Trinajstić information content (AvgIpc) is 2.85. The lowest BCUT2D eigenvalue weighted by molar-refractivity contribution is -0.171. The monoisotopic (exact) mass is 312 g/mol. The van der Waals surface area contributed by atoms with Crippen molar-refractivity contribution in [1.29, 1.82) is 0 Å². The Hall–Kier alpha value is -1.30. The Morgan fingerprint density at radius 1 is 1.27 bits per heavy atom. The van der Waals surface area contributed by atoms with E-state index in [1.807, 2.05) is 0 Å². The highest BCUT2D eigenvalue weighted by Crippen LogP contribution is 2.59. The quantitative estimate of drug-likeness (QED) is 0.791. The second-order valence-corrected chi connectivity index (χ2v) is 7.38. The average molecular weight is 312 g/mol. The van der Waals surface area contributed by atoms with E-state index < -0.39 is 17.7 Å². The van der Waals surface area contributed by atoms with Gasteiger partial charge >= 0.3 is 6.09 Å². The molecule has 2 fully saturated rings. The number of hydrogen-bond donors (Lipinski definition) is 1. The fourth-order valence-electron chi connectivity index (χ4n) is 3.57. The summed E-state index contributed by atoms with van der Waals surface area (Å²) in [7, 11) is 2.99. The molecule has 1 N–H and O–H groups in total. The van der Waals surface area contributed by atoms with Crippen LogP contribution in [0.1, 0.15) is 46.5 Å². The SMILES string of the molecule is CON(C)C(=O)[C@H](CC1C2CCC[C@@H]21)NC(=O)OC(C)(C)C. The minimum atomic E-state index is -0.588. The van der Waals surface area contributed by atoms with E-state index in [1.165, 1.54) is 31.4 Å². The Bertz CT molecular complexity index is 422. The van der Waals surface area contributed by atoms with Crippen molar-refractivity contribution in [3.05, 3.63) is 0 Å². The van der Waals surface area contributed by atoms with Crippen molar-refractivity contribution in [3.63, 3.8) is 0 Å². The van der Waals surface area contributed by atoms with Crippen molar-refractivity contribution >= 4 is 12.0 Å². The lowest BCUT2D eigenvalue weighted by atomic mass is 10.0. The van der Waals surface area contributed by atoms with Gasteiger partial charge in [0, 0.05) is 7.05 Å². The summed E-state index contributed by atoms with van der Waals surface area (Å²) in [5.74, 6) is 1.79. The van der Waals surface area contributed by atoms with Crippen LogP contribution in [-0.4, -0.2) is 42.9 Å². The first-order valence-electron chi connectivity index (χ1n) is 8.04. The first kappa shape index (κ1) is 17.1. The number of hydrogen-bond acceptors (Lipinski definition) is 4. The predicted molar refractivity (Wildman–Crippen MR) is 81.9 cm³/mol. The largest absolute Gasteiger partial charge is 0.444 e. The number of likely N-dealkylation sites (N-methyl/N-ethyl adjacent to an activating group) is 1. The summed E-state index contributed by atoms with van der Waals surface area (Å²) in [6, 6.07) is -0.588. The van der Waals surface area contributed by atoms with Gasteiger partial charge in [0.2, 0.25) is 0 Å². The molecule has 2 saturated carbocycles. The van der Waals surface area contributed by atoms with Crippen molar-refractivity contribution < 1.29 is 19.2 Å². The van der Waals surface area contributed by atoms with E-state index in [2.05, 4.69) is 5.32 Å². The lowest BCUT2D eigenvalue weighted by Gasteiger charge is -2.25. The smallest absolute Gasteiger partial charge is 0.408 e. The molecule has 0 bridgehead atoms. The van der Waals surface area contributed by atoms with Gasteiger partial charge in [-0.25, -0.2) is 9.86 Å². The van der Waals surface area contributed by atoms with Crippen LogP contribution in [0.2, 0.25) is 0 Å². The highest BCUT2D eigenvalue weighted by molar-refractivity contribution is 5.85. The van der Waals surface area contributed by atoms with Gasteiger partial charge < -0.3 is 10.1 Å². The van der Waals surface area contributed by atoms with Crippen LogP contribution >= 0.6 is 0 Å². The van der Waals surface area contributed by atoms with Crippen molar-refractivity contribution in [2.75, 3.05) is 14.2 Å². The van der Waals surface area contributed by atoms with E-state index in [0.29, 0.717) is 12.3 Å². The van der Waals surface area contributed by atoms with Crippen molar-refractivity contribution in [2.24, 2.45) is 17.8 Å². The highest BCUT2D eigenvalue weighted by Gasteiger charge is 2.53. The molecule has 4 atom stereocenters. The first-order chi connectivity index (χ1) is 10.2. The zero-order chi connectivity index (χ0) is 16.5. The predicted octanol–water partition coefficient (Wildman–Crippen LogP) is 2.34. The third kappa shape index (κ3) is 4.12. The number of hydroxylamine groups is 2. The van der Waals surface area contributed by atoms with E-state index in [0.717, 1.165) is 11.8 Å². The van der Waals surface area contributed by atoms with E-state index in [-0.39, 0.29) is 5.91 Å². The maximum absolute atomic E-state index is 12.4. The summed E-state index contributed by atoms with van der Waals surface area (Å²) in [5.41, 5.74) is -0.582. The van der Waals surface area contributed by atoms with Crippen LogP contribution in [0.4, 0.5) is 4.79 Å². The second-order valence-electron chi connectivity index (χ2n) is 7.38. The van der Waals surface area contributed by atoms with E-state index >= 15 is 0 Å². The van der Waals surface area contributed by atoms with Gasteiger partial charge in [-0.2, -0.15) is 0 Å². The Morgan fingerprint density at radius 2 is 1.86 bits per heavy atom. The number of carbonyl (C=O) groups is 2. The van der Waals surface area contributed by atoms with Gasteiger partial charge in [0.1, 0.15) is 11.6 Å². The number of carbonyl (C=O) groups excluding carboxylic acids is 2. The number of nitrogens with one attached hydrogen (secondary N) is 1. The molecule has 2 aliphatic rings. The Labute approximate surface area is 132 Å².